The Balaban J connectivity index is -0.0000000450. The Labute approximate surface area is 72.4 Å². The third-order valence-corrected chi connectivity index (χ3v) is 0. The first kappa shape index (κ1) is 15.7. The van der Waals surface area contributed by atoms with Gasteiger partial charge in [0.2, 0.25) is 0 Å². The summed E-state index contributed by atoms with van der Waals surface area (Å²) in [6, 6.07) is 0. The molecule has 0 aliphatic carbocycles. The summed E-state index contributed by atoms with van der Waals surface area (Å²) >= 11 is 0. The van der Waals surface area contributed by atoms with Crippen molar-refractivity contribution in [3.63, 3.8) is 0 Å². The molecule has 0 unspecified atom stereocenters. The van der Waals surface area contributed by atoms with Crippen LogP contribution in [0.25, 0.3) is 0 Å². The zero-order chi connectivity index (χ0) is 3.58. The van der Waals surface area contributed by atoms with Crippen LogP contribution in [0.3, 0.4) is 0 Å². The Morgan fingerprint density at radius 2 is 1.33 bits per heavy atom. The van der Waals surface area contributed by atoms with E-state index < -0.39 is 9.17 Å². The van der Waals surface area contributed by atoms with Crippen LogP contribution in [0.5, 0.6) is 0 Å². The molecule has 0 saturated heterocycles. The van der Waals surface area contributed by atoms with Crippen LogP contribution in [0, 0.1) is 0 Å². The first-order chi connectivity index (χ1) is 1.73. The first-order valence-corrected chi connectivity index (χ1v) is 1.95. The molecule has 1 radical (unpaired) electrons. The van der Waals surface area contributed by atoms with Gasteiger partial charge < -0.3 is 9.59 Å². The Kier molecular flexibility index (Phi) is 24.9. The minimum absolute atomic E-state index is 0. The van der Waals surface area contributed by atoms with E-state index in [2.05, 4.69) is 0 Å². The molecule has 0 aromatic carbocycles. The second-order valence-corrected chi connectivity index (χ2v) is 0.848. The van der Waals surface area contributed by atoms with Gasteiger partial charge in [-0.3, -0.25) is 4.46 Å². The van der Waals surface area contributed by atoms with Gasteiger partial charge in [-0.15, -0.1) is 0 Å². The van der Waals surface area contributed by atoms with E-state index in [4.69, 9.17) is 14.1 Å². The van der Waals surface area contributed by atoms with Crippen molar-refractivity contribution >= 4 is 9.17 Å². The van der Waals surface area contributed by atoms with Gasteiger partial charge in [0.1, 0.15) is 0 Å². The molecule has 3 nitrogen and oxygen atoms in total. The Bertz CT molecular complexity index is 33.8. The Hall–Kier alpha value is 1.24. The number of rotatable bonds is 0. The normalized spacial score (nSPS) is 4.00. The topological polar surface area (TPSA) is 57.5 Å². The zero-order valence-corrected chi connectivity index (χ0v) is 7.68. The minimum Gasteiger partial charge on any atom is -0.511 e. The molecular formula is H2FeO3SiY. The van der Waals surface area contributed by atoms with Gasteiger partial charge in [-0.1, -0.05) is 0 Å². The molecule has 0 bridgehead atoms. The molecule has 35 valence electrons. The SMILES string of the molecule is O=[Si](O)O.[Fe].[Y]. The van der Waals surface area contributed by atoms with Crippen LogP contribution < -0.4 is 0 Å². The summed E-state index contributed by atoms with van der Waals surface area (Å²) in [5.41, 5.74) is 0. The predicted octanol–water partition coefficient (Wildman–Crippen LogP) is -1.62. The Morgan fingerprint density at radius 1 is 1.33 bits per heavy atom. The molecule has 2 N–H and O–H groups in total. The van der Waals surface area contributed by atoms with Crippen molar-refractivity contribution in [2.75, 3.05) is 0 Å². The van der Waals surface area contributed by atoms with E-state index >= 15 is 0 Å². The molecule has 0 heterocycles. The van der Waals surface area contributed by atoms with E-state index in [0.717, 1.165) is 0 Å². The summed E-state index contributed by atoms with van der Waals surface area (Å²) < 4.78 is 8.74. The van der Waals surface area contributed by atoms with Crippen LogP contribution in [0.4, 0.5) is 0 Å². The van der Waals surface area contributed by atoms with Gasteiger partial charge in [0.05, 0.1) is 0 Å². The third kappa shape index (κ3) is 61.3. The molecule has 0 atom stereocenters. The van der Waals surface area contributed by atoms with Gasteiger partial charge in [-0.2, -0.15) is 0 Å². The maximum absolute atomic E-state index is 8.74. The fraction of sp³-hybridized carbons (Fsp3) is 0. The molecule has 0 aromatic rings. The molecule has 0 fully saturated rings. The van der Waals surface area contributed by atoms with Gasteiger partial charge in [0.25, 0.3) is 0 Å². The first-order valence-electron chi connectivity index (χ1n) is 0.651. The van der Waals surface area contributed by atoms with Crippen molar-refractivity contribution in [2.24, 2.45) is 0 Å². The smallest absolute Gasteiger partial charge is 0.511 e. The summed E-state index contributed by atoms with van der Waals surface area (Å²) in [5, 5.41) is 0. The van der Waals surface area contributed by atoms with E-state index in [0.29, 0.717) is 0 Å². The second-order valence-electron chi connectivity index (χ2n) is 0.283. The summed E-state index contributed by atoms with van der Waals surface area (Å²) in [6.45, 7) is 0. The molecule has 6 heteroatoms. The monoisotopic (exact) mass is 223 g/mol. The number of hydrogen-bond donors (Lipinski definition) is 2. The zero-order valence-electron chi connectivity index (χ0n) is 2.73. The molecule has 0 rings (SSSR count). The van der Waals surface area contributed by atoms with Crippen LogP contribution in [0.1, 0.15) is 0 Å². The molecular weight excluding hydrogens is 221 g/mol. The minimum atomic E-state index is -3.13. The molecule has 6 heavy (non-hydrogen) atoms. The van der Waals surface area contributed by atoms with Crippen LogP contribution >= 0.6 is 0 Å². The average Bonchev–Trinajstić information content (AvgIpc) is 0.811. The third-order valence-electron chi connectivity index (χ3n) is 0. The quantitative estimate of drug-likeness (QED) is 0.485. The largest absolute Gasteiger partial charge is 0.761 e. The van der Waals surface area contributed by atoms with Gasteiger partial charge in [0.15, 0.2) is 0 Å². The Morgan fingerprint density at radius 3 is 1.33 bits per heavy atom. The van der Waals surface area contributed by atoms with E-state index in [1.54, 1.807) is 0 Å². The maximum Gasteiger partial charge on any atom is 0.761 e. The average molecular weight is 223 g/mol. The van der Waals surface area contributed by atoms with Crippen LogP contribution in [-0.2, 0) is 54.2 Å². The molecule has 0 aromatic heterocycles. The van der Waals surface area contributed by atoms with E-state index in [1.165, 1.54) is 0 Å². The molecule has 0 aliphatic rings. The molecule has 0 saturated carbocycles. The standard InChI is InChI=1S/Fe.H2O3Si.Y/c;1-4(2)3;/h;1-2H;. The van der Waals surface area contributed by atoms with Gasteiger partial charge in [-0.25, -0.2) is 0 Å². The molecule has 0 spiro atoms. The summed E-state index contributed by atoms with van der Waals surface area (Å²) in [7, 11) is -3.13. The fourth-order valence-corrected chi connectivity index (χ4v) is 0. The van der Waals surface area contributed by atoms with Crippen molar-refractivity contribution in [3.8, 4) is 0 Å². The van der Waals surface area contributed by atoms with Gasteiger partial charge in [-0.05, 0) is 0 Å². The van der Waals surface area contributed by atoms with Crippen molar-refractivity contribution in [3.05, 3.63) is 0 Å². The van der Waals surface area contributed by atoms with Crippen LogP contribution in [0.15, 0.2) is 0 Å². The summed E-state index contributed by atoms with van der Waals surface area (Å²) in [5.74, 6) is 0. The van der Waals surface area contributed by atoms with Crippen LogP contribution in [0.2, 0.25) is 0 Å². The second kappa shape index (κ2) is 9.53. The predicted molar refractivity (Wildman–Crippen MR) is 10.9 cm³/mol. The van der Waals surface area contributed by atoms with E-state index in [1.807, 2.05) is 0 Å². The molecule has 0 amide bonds. The van der Waals surface area contributed by atoms with Crippen molar-refractivity contribution < 1.29 is 63.8 Å². The van der Waals surface area contributed by atoms with E-state index in [-0.39, 0.29) is 49.8 Å². The summed E-state index contributed by atoms with van der Waals surface area (Å²) in [6.07, 6.45) is 0. The fourth-order valence-electron chi connectivity index (χ4n) is 0. The van der Waals surface area contributed by atoms with E-state index in [9.17, 15) is 0 Å². The molecule has 0 aliphatic heterocycles. The summed E-state index contributed by atoms with van der Waals surface area (Å²) in [4.78, 5) is 14.3. The maximum atomic E-state index is 8.74. The van der Waals surface area contributed by atoms with Crippen LogP contribution in [-0.4, -0.2) is 18.8 Å². The van der Waals surface area contributed by atoms with Gasteiger partial charge >= 0.3 is 9.17 Å². The van der Waals surface area contributed by atoms with Crippen molar-refractivity contribution in [1.29, 1.82) is 0 Å². The van der Waals surface area contributed by atoms with Gasteiger partial charge in [0, 0.05) is 49.8 Å². The van der Waals surface area contributed by atoms with Crippen molar-refractivity contribution in [2.45, 2.75) is 0 Å². The number of hydrogen-bond acceptors (Lipinski definition) is 1. The van der Waals surface area contributed by atoms with Crippen molar-refractivity contribution in [1.82, 2.24) is 0 Å².